The summed E-state index contributed by atoms with van der Waals surface area (Å²) in [6, 6.07) is 11.8. The van der Waals surface area contributed by atoms with Gasteiger partial charge in [-0.3, -0.25) is 0 Å². The van der Waals surface area contributed by atoms with Crippen LogP contribution in [0.2, 0.25) is 0 Å². The summed E-state index contributed by atoms with van der Waals surface area (Å²) < 4.78 is 0. The molecule has 4 nitrogen and oxygen atoms in total. The Kier molecular flexibility index (Phi) is 2.46. The van der Waals surface area contributed by atoms with E-state index in [0.29, 0.717) is 13.1 Å². The predicted octanol–water partition coefficient (Wildman–Crippen LogP) is 0.777. The van der Waals surface area contributed by atoms with E-state index < -0.39 is 12.2 Å². The van der Waals surface area contributed by atoms with Gasteiger partial charge in [0, 0.05) is 18.5 Å². The minimum absolute atomic E-state index is 0.437. The molecule has 0 spiro atoms. The van der Waals surface area contributed by atoms with Crippen molar-refractivity contribution in [2.75, 3.05) is 18.0 Å². The maximum atomic E-state index is 9.52. The van der Waals surface area contributed by atoms with Gasteiger partial charge in [0.1, 0.15) is 5.82 Å². The van der Waals surface area contributed by atoms with E-state index in [1.54, 1.807) is 0 Å². The van der Waals surface area contributed by atoms with E-state index in [1.807, 2.05) is 41.3 Å². The van der Waals surface area contributed by atoms with Crippen LogP contribution >= 0.6 is 0 Å². The summed E-state index contributed by atoms with van der Waals surface area (Å²) >= 11 is 0. The highest BCUT2D eigenvalue weighted by Gasteiger charge is 2.30. The molecule has 3 rings (SSSR count). The summed E-state index contributed by atoms with van der Waals surface area (Å²) in [5.41, 5.74) is 0.931. The Labute approximate surface area is 99.1 Å². The van der Waals surface area contributed by atoms with Crippen LogP contribution in [-0.4, -0.2) is 40.5 Å². The van der Waals surface area contributed by atoms with Gasteiger partial charge in [-0.05, 0) is 18.2 Å². The van der Waals surface area contributed by atoms with Crippen molar-refractivity contribution < 1.29 is 10.2 Å². The van der Waals surface area contributed by atoms with Crippen LogP contribution in [0.3, 0.4) is 0 Å². The fourth-order valence-corrected chi connectivity index (χ4v) is 2.19. The first-order chi connectivity index (χ1) is 8.24. The van der Waals surface area contributed by atoms with Gasteiger partial charge in [0.25, 0.3) is 0 Å². The molecule has 0 amide bonds. The van der Waals surface area contributed by atoms with Crippen LogP contribution in [0.5, 0.6) is 0 Å². The maximum Gasteiger partial charge on any atom is 0.129 e. The standard InChI is InChI=1S/C13H14N2O2/c16-11-7-15(8-12(11)17)13-6-5-9-3-1-2-4-10(9)14-13/h1-6,11-12,16-17H,7-8H2. The Morgan fingerprint density at radius 1 is 1.00 bits per heavy atom. The number of rotatable bonds is 1. The molecule has 0 bridgehead atoms. The molecule has 1 aliphatic rings. The van der Waals surface area contributed by atoms with Gasteiger partial charge < -0.3 is 15.1 Å². The Morgan fingerprint density at radius 3 is 2.47 bits per heavy atom. The molecule has 4 heteroatoms. The monoisotopic (exact) mass is 230 g/mol. The smallest absolute Gasteiger partial charge is 0.129 e. The molecule has 1 fully saturated rings. The number of aliphatic hydroxyl groups is 2. The second-order valence-electron chi connectivity index (χ2n) is 4.40. The summed E-state index contributed by atoms with van der Waals surface area (Å²) in [7, 11) is 0. The minimum Gasteiger partial charge on any atom is -0.389 e. The summed E-state index contributed by atoms with van der Waals surface area (Å²) in [5.74, 6) is 0.805. The fourth-order valence-electron chi connectivity index (χ4n) is 2.19. The van der Waals surface area contributed by atoms with Gasteiger partial charge in [-0.1, -0.05) is 18.2 Å². The van der Waals surface area contributed by atoms with Crippen molar-refractivity contribution in [2.45, 2.75) is 12.2 Å². The van der Waals surface area contributed by atoms with Crippen LogP contribution in [0, 0.1) is 0 Å². The van der Waals surface area contributed by atoms with Crippen LogP contribution in [0.25, 0.3) is 10.9 Å². The number of anilines is 1. The molecule has 1 aromatic heterocycles. The third-order valence-electron chi connectivity index (χ3n) is 3.17. The maximum absolute atomic E-state index is 9.52. The largest absolute Gasteiger partial charge is 0.389 e. The molecule has 2 heterocycles. The van der Waals surface area contributed by atoms with E-state index in [-0.39, 0.29) is 0 Å². The molecule has 0 aliphatic carbocycles. The van der Waals surface area contributed by atoms with Crippen LogP contribution in [0.1, 0.15) is 0 Å². The molecule has 0 radical (unpaired) electrons. The second-order valence-corrected chi connectivity index (χ2v) is 4.40. The lowest BCUT2D eigenvalue weighted by molar-refractivity contribution is 0.0572. The molecule has 2 unspecified atom stereocenters. The normalized spacial score (nSPS) is 24.5. The first kappa shape index (κ1) is 10.5. The number of para-hydroxylation sites is 1. The van der Waals surface area contributed by atoms with Crippen LogP contribution in [0.15, 0.2) is 36.4 Å². The van der Waals surface area contributed by atoms with E-state index >= 15 is 0 Å². The van der Waals surface area contributed by atoms with Gasteiger partial charge in [0.15, 0.2) is 0 Å². The van der Waals surface area contributed by atoms with Gasteiger partial charge in [-0.25, -0.2) is 4.98 Å². The van der Waals surface area contributed by atoms with E-state index in [4.69, 9.17) is 0 Å². The van der Waals surface area contributed by atoms with Crippen molar-refractivity contribution in [1.29, 1.82) is 0 Å². The van der Waals surface area contributed by atoms with Crippen molar-refractivity contribution in [3.63, 3.8) is 0 Å². The van der Waals surface area contributed by atoms with Crippen molar-refractivity contribution >= 4 is 16.7 Å². The number of hydrogen-bond acceptors (Lipinski definition) is 4. The third kappa shape index (κ3) is 1.85. The molecule has 2 aromatic rings. The number of nitrogens with zero attached hydrogens (tertiary/aromatic N) is 2. The van der Waals surface area contributed by atoms with Crippen LogP contribution in [0.4, 0.5) is 5.82 Å². The highest BCUT2D eigenvalue weighted by Crippen LogP contribution is 2.21. The zero-order valence-electron chi connectivity index (χ0n) is 9.32. The van der Waals surface area contributed by atoms with Gasteiger partial charge >= 0.3 is 0 Å². The quantitative estimate of drug-likeness (QED) is 0.760. The van der Waals surface area contributed by atoms with Crippen LogP contribution < -0.4 is 4.90 Å². The lowest BCUT2D eigenvalue weighted by Crippen LogP contribution is -2.22. The van der Waals surface area contributed by atoms with Gasteiger partial charge in [0.05, 0.1) is 17.7 Å². The molecule has 2 atom stereocenters. The van der Waals surface area contributed by atoms with Crippen molar-refractivity contribution in [2.24, 2.45) is 0 Å². The van der Waals surface area contributed by atoms with Gasteiger partial charge in [0.2, 0.25) is 0 Å². The average molecular weight is 230 g/mol. The fraction of sp³-hybridized carbons (Fsp3) is 0.308. The van der Waals surface area contributed by atoms with Crippen molar-refractivity contribution in [3.8, 4) is 0 Å². The molecular weight excluding hydrogens is 216 g/mol. The minimum atomic E-state index is -0.678. The molecule has 1 aliphatic heterocycles. The van der Waals surface area contributed by atoms with Gasteiger partial charge in [-0.15, -0.1) is 0 Å². The number of aliphatic hydroxyl groups excluding tert-OH is 2. The summed E-state index contributed by atoms with van der Waals surface area (Å²) in [6.45, 7) is 0.874. The lowest BCUT2D eigenvalue weighted by Gasteiger charge is -2.16. The molecule has 0 saturated carbocycles. The molecule has 88 valence electrons. The Hall–Kier alpha value is -1.65. The third-order valence-corrected chi connectivity index (χ3v) is 3.17. The summed E-state index contributed by atoms with van der Waals surface area (Å²) in [4.78, 5) is 6.43. The van der Waals surface area contributed by atoms with E-state index in [0.717, 1.165) is 16.7 Å². The van der Waals surface area contributed by atoms with Crippen molar-refractivity contribution in [3.05, 3.63) is 36.4 Å². The Morgan fingerprint density at radius 2 is 1.71 bits per heavy atom. The zero-order valence-corrected chi connectivity index (χ0v) is 9.32. The topological polar surface area (TPSA) is 56.6 Å². The number of aromatic nitrogens is 1. The van der Waals surface area contributed by atoms with E-state index in [9.17, 15) is 10.2 Å². The van der Waals surface area contributed by atoms with E-state index in [2.05, 4.69) is 4.98 Å². The molecule has 1 saturated heterocycles. The summed E-state index contributed by atoms with van der Waals surface area (Å²) in [5, 5.41) is 20.1. The highest BCUT2D eigenvalue weighted by atomic mass is 16.3. The Balaban J connectivity index is 1.96. The molecule has 17 heavy (non-hydrogen) atoms. The first-order valence-corrected chi connectivity index (χ1v) is 5.71. The first-order valence-electron chi connectivity index (χ1n) is 5.71. The Bertz CT molecular complexity index is 534. The average Bonchev–Trinajstić information content (AvgIpc) is 2.69. The molecule has 1 aromatic carbocycles. The number of benzene rings is 1. The van der Waals surface area contributed by atoms with E-state index in [1.165, 1.54) is 0 Å². The SMILES string of the molecule is OC1CN(c2ccc3ccccc3n2)CC1O. The molecule has 2 N–H and O–H groups in total. The number of β-amino-alcohol motifs (C(OH)–C–C–N with tert-alkyl or cyclic N) is 2. The predicted molar refractivity (Wildman–Crippen MR) is 66.0 cm³/mol. The van der Waals surface area contributed by atoms with Crippen LogP contribution in [-0.2, 0) is 0 Å². The van der Waals surface area contributed by atoms with Crippen molar-refractivity contribution in [1.82, 2.24) is 4.98 Å². The second kappa shape index (κ2) is 3.98. The van der Waals surface area contributed by atoms with Gasteiger partial charge in [-0.2, -0.15) is 0 Å². The number of fused-ring (bicyclic) bond motifs is 1. The molecular formula is C13H14N2O2. The lowest BCUT2D eigenvalue weighted by atomic mass is 10.2. The number of hydrogen-bond donors (Lipinski definition) is 2. The number of pyridine rings is 1. The summed E-state index contributed by atoms with van der Waals surface area (Å²) in [6.07, 6.45) is -1.36. The zero-order chi connectivity index (χ0) is 11.8. The highest BCUT2D eigenvalue weighted by molar-refractivity contribution is 5.80.